The molecule has 110 valence electrons. The molecule has 1 saturated heterocycles. The van der Waals surface area contributed by atoms with Gasteiger partial charge in [0.2, 0.25) is 10.0 Å². The molecule has 1 fully saturated rings. The number of piperidine rings is 1. The predicted molar refractivity (Wildman–Crippen MR) is 80.2 cm³/mol. The van der Waals surface area contributed by atoms with Crippen molar-refractivity contribution in [3.8, 4) is 0 Å². The highest BCUT2D eigenvalue weighted by Gasteiger charge is 2.27. The van der Waals surface area contributed by atoms with Crippen LogP contribution in [0.3, 0.4) is 0 Å². The third-order valence-electron chi connectivity index (χ3n) is 4.52. The Morgan fingerprint density at radius 1 is 1.25 bits per heavy atom. The van der Waals surface area contributed by atoms with E-state index < -0.39 is 10.0 Å². The molecule has 0 unspecified atom stereocenters. The van der Waals surface area contributed by atoms with E-state index in [1.807, 2.05) is 0 Å². The summed E-state index contributed by atoms with van der Waals surface area (Å²) in [5, 5.41) is 3.39. The van der Waals surface area contributed by atoms with Crippen LogP contribution in [0.25, 0.3) is 0 Å². The average molecular weight is 294 g/mol. The van der Waals surface area contributed by atoms with Crippen LogP contribution in [0.1, 0.15) is 35.4 Å². The molecular formula is C15H22N2O2S. The summed E-state index contributed by atoms with van der Waals surface area (Å²) in [6, 6.07) is 6.48. The van der Waals surface area contributed by atoms with Crippen molar-refractivity contribution in [1.82, 2.24) is 9.62 Å². The highest BCUT2D eigenvalue weighted by Crippen LogP contribution is 2.33. The van der Waals surface area contributed by atoms with Crippen molar-refractivity contribution in [2.75, 3.05) is 25.9 Å². The van der Waals surface area contributed by atoms with Gasteiger partial charge in [0.25, 0.3) is 0 Å². The molecule has 1 aromatic rings. The summed E-state index contributed by atoms with van der Waals surface area (Å²) < 4.78 is 25.2. The molecule has 1 N–H and O–H groups in total. The molecule has 0 bridgehead atoms. The number of benzene rings is 1. The zero-order valence-corrected chi connectivity index (χ0v) is 12.7. The number of rotatable bonds is 2. The first-order valence-corrected chi connectivity index (χ1v) is 9.17. The smallest absolute Gasteiger partial charge is 0.211 e. The van der Waals surface area contributed by atoms with Gasteiger partial charge in [0, 0.05) is 13.1 Å². The van der Waals surface area contributed by atoms with E-state index >= 15 is 0 Å². The molecule has 0 aromatic heterocycles. The summed E-state index contributed by atoms with van der Waals surface area (Å²) in [4.78, 5) is 0. The Labute approximate surface area is 121 Å². The quantitative estimate of drug-likeness (QED) is 0.898. The van der Waals surface area contributed by atoms with Crippen LogP contribution in [0.5, 0.6) is 0 Å². The Kier molecular flexibility index (Phi) is 3.84. The van der Waals surface area contributed by atoms with Gasteiger partial charge in [0.05, 0.1) is 6.26 Å². The molecule has 2 aliphatic heterocycles. The number of fused-ring (bicyclic) bond motifs is 1. The maximum absolute atomic E-state index is 11.8. The molecule has 0 radical (unpaired) electrons. The molecule has 0 aliphatic carbocycles. The molecule has 3 rings (SSSR count). The third kappa shape index (κ3) is 2.75. The van der Waals surface area contributed by atoms with Crippen molar-refractivity contribution in [2.24, 2.45) is 0 Å². The van der Waals surface area contributed by atoms with Gasteiger partial charge >= 0.3 is 0 Å². The highest BCUT2D eigenvalue weighted by atomic mass is 32.2. The van der Waals surface area contributed by atoms with Crippen molar-refractivity contribution in [3.63, 3.8) is 0 Å². The topological polar surface area (TPSA) is 49.4 Å². The molecule has 5 heteroatoms. The van der Waals surface area contributed by atoms with Crippen LogP contribution >= 0.6 is 0 Å². The number of hydrogen-bond donors (Lipinski definition) is 1. The lowest BCUT2D eigenvalue weighted by molar-refractivity contribution is 0.387. The van der Waals surface area contributed by atoms with E-state index in [9.17, 15) is 8.42 Å². The first kappa shape index (κ1) is 14.0. The predicted octanol–water partition coefficient (Wildman–Crippen LogP) is 1.47. The molecule has 2 aliphatic rings. The van der Waals surface area contributed by atoms with E-state index in [0.29, 0.717) is 19.0 Å². The second-order valence-corrected chi connectivity index (χ2v) is 7.84. The van der Waals surface area contributed by atoms with Crippen molar-refractivity contribution in [1.29, 1.82) is 0 Å². The van der Waals surface area contributed by atoms with Gasteiger partial charge in [-0.2, -0.15) is 4.31 Å². The Morgan fingerprint density at radius 3 is 2.70 bits per heavy atom. The van der Waals surface area contributed by atoms with Gasteiger partial charge in [-0.05, 0) is 55.0 Å². The molecule has 0 amide bonds. The lowest BCUT2D eigenvalue weighted by atomic mass is 9.84. The van der Waals surface area contributed by atoms with Gasteiger partial charge in [-0.25, -0.2) is 8.42 Å². The van der Waals surface area contributed by atoms with E-state index in [2.05, 4.69) is 23.5 Å². The monoisotopic (exact) mass is 294 g/mol. The van der Waals surface area contributed by atoms with Crippen LogP contribution in [-0.4, -0.2) is 38.6 Å². The van der Waals surface area contributed by atoms with Gasteiger partial charge in [-0.15, -0.1) is 0 Å². The number of hydrogen-bond acceptors (Lipinski definition) is 3. The standard InChI is InChI=1S/C15H22N2O2S/c1-20(18,19)17-10-7-12-3-2-4-14(15(12)11-17)13-5-8-16-9-6-13/h2-4,13,16H,5-11H2,1H3. The Balaban J connectivity index is 1.94. The minimum absolute atomic E-state index is 0.550. The number of nitrogens with zero attached hydrogens (tertiary/aromatic N) is 1. The molecule has 1 aromatic carbocycles. The second kappa shape index (κ2) is 5.47. The molecule has 0 saturated carbocycles. The van der Waals surface area contributed by atoms with E-state index in [1.165, 1.54) is 22.9 Å². The molecular weight excluding hydrogens is 272 g/mol. The van der Waals surface area contributed by atoms with Crippen molar-refractivity contribution < 1.29 is 8.42 Å². The lowest BCUT2D eigenvalue weighted by Gasteiger charge is -2.32. The van der Waals surface area contributed by atoms with Crippen molar-refractivity contribution in [3.05, 3.63) is 34.9 Å². The molecule has 20 heavy (non-hydrogen) atoms. The minimum atomic E-state index is -3.10. The second-order valence-electron chi connectivity index (χ2n) is 5.86. The first-order chi connectivity index (χ1) is 9.55. The highest BCUT2D eigenvalue weighted by molar-refractivity contribution is 7.88. The summed E-state index contributed by atoms with van der Waals surface area (Å²) in [6.45, 7) is 3.28. The average Bonchev–Trinajstić information content (AvgIpc) is 2.46. The maximum Gasteiger partial charge on any atom is 0.211 e. The van der Waals surface area contributed by atoms with Crippen LogP contribution in [0.2, 0.25) is 0 Å². The molecule has 2 heterocycles. The fourth-order valence-electron chi connectivity index (χ4n) is 3.38. The van der Waals surface area contributed by atoms with Gasteiger partial charge in [-0.3, -0.25) is 0 Å². The van der Waals surface area contributed by atoms with E-state index in [-0.39, 0.29) is 0 Å². The molecule has 0 atom stereocenters. The summed E-state index contributed by atoms with van der Waals surface area (Å²) in [5.74, 6) is 0.575. The van der Waals surface area contributed by atoms with Gasteiger partial charge in [0.15, 0.2) is 0 Å². The van der Waals surface area contributed by atoms with Crippen LogP contribution < -0.4 is 5.32 Å². The summed E-state index contributed by atoms with van der Waals surface area (Å²) in [5.41, 5.74) is 3.97. The van der Waals surface area contributed by atoms with Gasteiger partial charge in [0.1, 0.15) is 0 Å². The number of sulfonamides is 1. The Bertz CT molecular complexity index is 592. The SMILES string of the molecule is CS(=O)(=O)N1CCc2cccc(C3CCNCC3)c2C1. The lowest BCUT2D eigenvalue weighted by Crippen LogP contribution is -2.36. The minimum Gasteiger partial charge on any atom is -0.317 e. The molecule has 4 nitrogen and oxygen atoms in total. The van der Waals surface area contributed by atoms with Crippen LogP contribution in [-0.2, 0) is 23.0 Å². The zero-order chi connectivity index (χ0) is 14.2. The summed E-state index contributed by atoms with van der Waals surface area (Å²) in [6.07, 6.45) is 4.44. The fraction of sp³-hybridized carbons (Fsp3) is 0.600. The van der Waals surface area contributed by atoms with Crippen LogP contribution in [0, 0.1) is 0 Å². The maximum atomic E-state index is 11.8. The third-order valence-corrected chi connectivity index (χ3v) is 5.77. The van der Waals surface area contributed by atoms with Gasteiger partial charge < -0.3 is 5.32 Å². The normalized spacial score (nSPS) is 21.6. The zero-order valence-electron chi connectivity index (χ0n) is 11.9. The summed E-state index contributed by atoms with van der Waals surface area (Å²) in [7, 11) is -3.10. The summed E-state index contributed by atoms with van der Waals surface area (Å²) >= 11 is 0. The Hall–Kier alpha value is -0.910. The van der Waals surface area contributed by atoms with E-state index in [4.69, 9.17) is 0 Å². The van der Waals surface area contributed by atoms with E-state index in [0.717, 1.165) is 32.4 Å². The van der Waals surface area contributed by atoms with Gasteiger partial charge in [-0.1, -0.05) is 18.2 Å². The number of nitrogens with one attached hydrogen (secondary N) is 1. The van der Waals surface area contributed by atoms with Crippen LogP contribution in [0.15, 0.2) is 18.2 Å². The first-order valence-electron chi connectivity index (χ1n) is 7.32. The Morgan fingerprint density at radius 2 is 2.00 bits per heavy atom. The van der Waals surface area contributed by atoms with Crippen LogP contribution in [0.4, 0.5) is 0 Å². The largest absolute Gasteiger partial charge is 0.317 e. The fourth-order valence-corrected chi connectivity index (χ4v) is 4.17. The van der Waals surface area contributed by atoms with E-state index in [1.54, 1.807) is 4.31 Å². The molecule has 0 spiro atoms. The van der Waals surface area contributed by atoms with Crippen molar-refractivity contribution in [2.45, 2.75) is 31.7 Å². The van der Waals surface area contributed by atoms with Crippen molar-refractivity contribution >= 4 is 10.0 Å².